The Balaban J connectivity index is 4.44. The van der Waals surface area contributed by atoms with Crippen LogP contribution in [0, 0.1) is 0 Å². The van der Waals surface area contributed by atoms with Crippen LogP contribution in [0.15, 0.2) is 0 Å². The molecule has 0 saturated heterocycles. The van der Waals surface area contributed by atoms with Crippen molar-refractivity contribution in [1.29, 1.82) is 0 Å². The molecule has 0 aliphatic rings. The maximum absolute atomic E-state index is 11.9. The Morgan fingerprint density at radius 2 is 1.72 bits per heavy atom. The summed E-state index contributed by atoms with van der Waals surface area (Å²) >= 11 is 0. The molecular formula is C12H22N2O4. The third-order valence-electron chi connectivity index (χ3n) is 2.38. The molecule has 0 saturated carbocycles. The van der Waals surface area contributed by atoms with Gasteiger partial charge in [0, 0.05) is 20.5 Å². The van der Waals surface area contributed by atoms with E-state index in [4.69, 9.17) is 4.74 Å². The summed E-state index contributed by atoms with van der Waals surface area (Å²) in [5.74, 6) is -0.858. The first kappa shape index (κ1) is 16.4. The molecule has 0 heterocycles. The third-order valence-corrected chi connectivity index (χ3v) is 2.38. The van der Waals surface area contributed by atoms with E-state index in [1.165, 1.54) is 16.7 Å². The van der Waals surface area contributed by atoms with Crippen LogP contribution in [0.3, 0.4) is 0 Å². The van der Waals surface area contributed by atoms with Gasteiger partial charge >= 0.3 is 5.97 Å². The van der Waals surface area contributed by atoms with Gasteiger partial charge in [0.25, 0.3) is 0 Å². The second-order valence-corrected chi connectivity index (χ2v) is 4.00. The Morgan fingerprint density at radius 1 is 1.11 bits per heavy atom. The van der Waals surface area contributed by atoms with Gasteiger partial charge in [-0.3, -0.25) is 14.4 Å². The van der Waals surface area contributed by atoms with Crippen molar-refractivity contribution in [1.82, 2.24) is 9.80 Å². The molecule has 0 spiro atoms. The number of nitrogens with zero attached hydrogens (tertiary/aromatic N) is 2. The molecule has 0 aliphatic carbocycles. The largest absolute Gasteiger partial charge is 0.465 e. The Labute approximate surface area is 108 Å². The molecular weight excluding hydrogens is 236 g/mol. The number of hydrogen-bond donors (Lipinski definition) is 0. The van der Waals surface area contributed by atoms with Crippen molar-refractivity contribution in [2.24, 2.45) is 0 Å². The highest BCUT2D eigenvalue weighted by atomic mass is 16.5. The van der Waals surface area contributed by atoms with E-state index >= 15 is 0 Å². The minimum atomic E-state index is -0.426. The van der Waals surface area contributed by atoms with Crippen LogP contribution in [0.25, 0.3) is 0 Å². The van der Waals surface area contributed by atoms with Crippen molar-refractivity contribution in [3.05, 3.63) is 0 Å². The van der Waals surface area contributed by atoms with Gasteiger partial charge < -0.3 is 14.5 Å². The smallest absolute Gasteiger partial charge is 0.325 e. The van der Waals surface area contributed by atoms with E-state index in [2.05, 4.69) is 0 Å². The summed E-state index contributed by atoms with van der Waals surface area (Å²) in [6.45, 7) is 5.71. The summed E-state index contributed by atoms with van der Waals surface area (Å²) in [5, 5.41) is 0. The van der Waals surface area contributed by atoms with Gasteiger partial charge in [0.1, 0.15) is 6.54 Å². The van der Waals surface area contributed by atoms with E-state index in [0.29, 0.717) is 13.2 Å². The van der Waals surface area contributed by atoms with Crippen molar-refractivity contribution in [2.75, 3.05) is 33.3 Å². The predicted molar refractivity (Wildman–Crippen MR) is 66.8 cm³/mol. The van der Waals surface area contributed by atoms with Gasteiger partial charge in [0.2, 0.25) is 11.8 Å². The molecule has 104 valence electrons. The minimum absolute atomic E-state index is 0.0191. The predicted octanol–water partition coefficient (Wildman–Crippen LogP) is 0.266. The van der Waals surface area contributed by atoms with Gasteiger partial charge in [-0.1, -0.05) is 6.92 Å². The second-order valence-electron chi connectivity index (χ2n) is 4.00. The Morgan fingerprint density at radius 3 is 2.17 bits per heavy atom. The summed E-state index contributed by atoms with van der Waals surface area (Å²) in [6.07, 6.45) is 0.745. The maximum Gasteiger partial charge on any atom is 0.325 e. The second kappa shape index (κ2) is 8.49. The van der Waals surface area contributed by atoms with Crippen molar-refractivity contribution >= 4 is 17.8 Å². The molecule has 0 aliphatic heterocycles. The molecule has 6 heteroatoms. The molecule has 6 nitrogen and oxygen atoms in total. The molecule has 2 amide bonds. The van der Waals surface area contributed by atoms with E-state index < -0.39 is 5.97 Å². The molecule has 0 fully saturated rings. The first-order valence-electron chi connectivity index (χ1n) is 6.07. The lowest BCUT2D eigenvalue weighted by Gasteiger charge is -2.23. The van der Waals surface area contributed by atoms with E-state index in [-0.39, 0.29) is 24.9 Å². The molecule has 0 unspecified atom stereocenters. The summed E-state index contributed by atoms with van der Waals surface area (Å²) < 4.78 is 4.81. The van der Waals surface area contributed by atoms with Crippen LogP contribution in [0.1, 0.15) is 27.2 Å². The van der Waals surface area contributed by atoms with E-state index in [1.54, 1.807) is 14.0 Å². The van der Waals surface area contributed by atoms with Crippen LogP contribution >= 0.6 is 0 Å². The van der Waals surface area contributed by atoms with Crippen LogP contribution in [0.2, 0.25) is 0 Å². The topological polar surface area (TPSA) is 66.9 Å². The third kappa shape index (κ3) is 6.22. The number of carbonyl (C=O) groups excluding carboxylic acids is 3. The van der Waals surface area contributed by atoms with Crippen molar-refractivity contribution < 1.29 is 19.1 Å². The van der Waals surface area contributed by atoms with Crippen LogP contribution in [-0.2, 0) is 19.1 Å². The molecule has 0 N–H and O–H groups in total. The summed E-state index contributed by atoms with van der Waals surface area (Å²) in [7, 11) is 1.55. The average molecular weight is 258 g/mol. The standard InChI is InChI=1S/C12H22N2O4/c1-5-7-14(9-12(17)18-6-2)11(16)8-13(4)10(3)15/h5-9H2,1-4H3. The molecule has 18 heavy (non-hydrogen) atoms. The summed E-state index contributed by atoms with van der Waals surface area (Å²) in [4.78, 5) is 37.0. The first-order chi connectivity index (χ1) is 8.42. The molecule has 0 aromatic carbocycles. The van der Waals surface area contributed by atoms with Crippen molar-refractivity contribution in [3.8, 4) is 0 Å². The Bertz CT molecular complexity index is 304. The molecule has 0 aromatic rings. The quantitative estimate of drug-likeness (QED) is 0.615. The molecule has 0 aromatic heterocycles. The highest BCUT2D eigenvalue weighted by Gasteiger charge is 2.19. The van der Waals surface area contributed by atoms with E-state index in [9.17, 15) is 14.4 Å². The zero-order valence-corrected chi connectivity index (χ0v) is 11.6. The van der Waals surface area contributed by atoms with Gasteiger partial charge in [-0.05, 0) is 13.3 Å². The lowest BCUT2D eigenvalue weighted by Crippen LogP contribution is -2.43. The molecule has 0 atom stereocenters. The zero-order chi connectivity index (χ0) is 14.1. The number of esters is 1. The first-order valence-corrected chi connectivity index (χ1v) is 6.07. The number of hydrogen-bond acceptors (Lipinski definition) is 4. The van der Waals surface area contributed by atoms with Crippen LogP contribution < -0.4 is 0 Å². The van der Waals surface area contributed by atoms with Crippen molar-refractivity contribution in [3.63, 3.8) is 0 Å². The van der Waals surface area contributed by atoms with Crippen LogP contribution in [-0.4, -0.2) is 60.9 Å². The monoisotopic (exact) mass is 258 g/mol. The number of ether oxygens (including phenoxy) is 1. The molecule has 0 rings (SSSR count). The van der Waals surface area contributed by atoms with Gasteiger partial charge in [0.05, 0.1) is 13.2 Å². The van der Waals surface area contributed by atoms with E-state index in [1.807, 2.05) is 6.92 Å². The minimum Gasteiger partial charge on any atom is -0.465 e. The fourth-order valence-corrected chi connectivity index (χ4v) is 1.34. The Hall–Kier alpha value is -1.59. The SMILES string of the molecule is CCCN(CC(=O)OCC)C(=O)CN(C)C(C)=O. The van der Waals surface area contributed by atoms with Gasteiger partial charge in [-0.25, -0.2) is 0 Å². The highest BCUT2D eigenvalue weighted by Crippen LogP contribution is 1.97. The maximum atomic E-state index is 11.9. The van der Waals surface area contributed by atoms with Gasteiger partial charge in [-0.2, -0.15) is 0 Å². The number of rotatable bonds is 7. The summed E-state index contributed by atoms with van der Waals surface area (Å²) in [6, 6.07) is 0. The fraction of sp³-hybridized carbons (Fsp3) is 0.750. The van der Waals surface area contributed by atoms with Crippen molar-refractivity contribution in [2.45, 2.75) is 27.2 Å². The molecule has 0 radical (unpaired) electrons. The van der Waals surface area contributed by atoms with Crippen LogP contribution in [0.5, 0.6) is 0 Å². The van der Waals surface area contributed by atoms with Crippen LogP contribution in [0.4, 0.5) is 0 Å². The van der Waals surface area contributed by atoms with E-state index in [0.717, 1.165) is 6.42 Å². The average Bonchev–Trinajstić information content (AvgIpc) is 2.28. The lowest BCUT2D eigenvalue weighted by atomic mass is 10.3. The highest BCUT2D eigenvalue weighted by molar-refractivity contribution is 5.86. The number of likely N-dealkylation sites (N-methyl/N-ethyl adjacent to an activating group) is 1. The van der Waals surface area contributed by atoms with Gasteiger partial charge in [-0.15, -0.1) is 0 Å². The lowest BCUT2D eigenvalue weighted by molar-refractivity contribution is -0.149. The fourth-order valence-electron chi connectivity index (χ4n) is 1.34. The normalized spacial score (nSPS) is 9.78. The Kier molecular flexibility index (Phi) is 7.74. The zero-order valence-electron chi connectivity index (χ0n) is 11.6. The number of amides is 2. The number of carbonyl (C=O) groups is 3. The van der Waals surface area contributed by atoms with Gasteiger partial charge in [0.15, 0.2) is 0 Å². The summed E-state index contributed by atoms with van der Waals surface area (Å²) in [5.41, 5.74) is 0. The molecule has 0 bridgehead atoms.